The first kappa shape index (κ1) is 22.1. The number of rotatable bonds is 4. The van der Waals surface area contributed by atoms with E-state index in [-0.39, 0.29) is 22.3 Å². The minimum atomic E-state index is -0.482. The van der Waals surface area contributed by atoms with Gasteiger partial charge < -0.3 is 16.2 Å². The van der Waals surface area contributed by atoms with Crippen molar-refractivity contribution in [1.29, 1.82) is 0 Å². The maximum atomic E-state index is 13.0. The fraction of sp³-hybridized carbons (Fsp3) is 0. The maximum absolute atomic E-state index is 13.0. The van der Waals surface area contributed by atoms with Crippen molar-refractivity contribution in [2.45, 2.75) is 0 Å². The molecule has 0 aromatic heterocycles. The largest absolute Gasteiger partial charge is 0.457 e. The summed E-state index contributed by atoms with van der Waals surface area (Å²) < 4.78 is 5.91. The van der Waals surface area contributed by atoms with Gasteiger partial charge in [0.1, 0.15) is 11.5 Å². The third-order valence-corrected chi connectivity index (χ3v) is 6.25. The molecule has 37 heavy (non-hydrogen) atoms. The van der Waals surface area contributed by atoms with Crippen molar-refractivity contribution in [2.75, 3.05) is 21.3 Å². The predicted octanol–water partition coefficient (Wildman–Crippen LogP) is 4.24. The zero-order valence-corrected chi connectivity index (χ0v) is 19.2. The van der Waals surface area contributed by atoms with E-state index in [1.165, 1.54) is 24.3 Å². The molecule has 6 rings (SSSR count). The van der Waals surface area contributed by atoms with Gasteiger partial charge in [0, 0.05) is 11.4 Å². The van der Waals surface area contributed by atoms with Gasteiger partial charge in [0.15, 0.2) is 0 Å². The van der Waals surface area contributed by atoms with E-state index in [0.717, 1.165) is 9.80 Å². The Hall–Kier alpha value is -5.44. The van der Waals surface area contributed by atoms with Crippen LogP contribution in [0.5, 0.6) is 11.5 Å². The number of fused-ring (bicyclic) bond motifs is 2. The lowest BCUT2D eigenvalue weighted by molar-refractivity contribution is 0.0910. The highest BCUT2D eigenvalue weighted by atomic mass is 16.5. The summed E-state index contributed by atoms with van der Waals surface area (Å²) in [4.78, 5) is 54.0. The van der Waals surface area contributed by atoms with Crippen LogP contribution >= 0.6 is 0 Å². The van der Waals surface area contributed by atoms with Crippen LogP contribution in [0.15, 0.2) is 84.9 Å². The third-order valence-electron chi connectivity index (χ3n) is 6.25. The van der Waals surface area contributed by atoms with Crippen LogP contribution in [0.25, 0.3) is 0 Å². The molecule has 0 saturated carbocycles. The van der Waals surface area contributed by atoms with Crippen LogP contribution in [0.2, 0.25) is 0 Å². The average molecular weight is 490 g/mol. The molecule has 0 atom stereocenters. The monoisotopic (exact) mass is 490 g/mol. The van der Waals surface area contributed by atoms with Crippen LogP contribution in [-0.2, 0) is 0 Å². The fourth-order valence-electron chi connectivity index (χ4n) is 4.42. The van der Waals surface area contributed by atoms with Crippen molar-refractivity contribution in [3.05, 3.63) is 107 Å². The summed E-state index contributed by atoms with van der Waals surface area (Å²) in [5.74, 6) is -1.26. The molecule has 4 aromatic rings. The quantitative estimate of drug-likeness (QED) is 0.322. The molecule has 4 aromatic carbocycles. The van der Waals surface area contributed by atoms with Crippen molar-refractivity contribution in [2.24, 2.45) is 0 Å². The number of nitrogens with zero attached hydrogens (tertiary/aromatic N) is 2. The van der Waals surface area contributed by atoms with E-state index in [2.05, 4.69) is 0 Å². The zero-order chi connectivity index (χ0) is 25.8. The van der Waals surface area contributed by atoms with Gasteiger partial charge in [-0.15, -0.1) is 0 Å². The van der Waals surface area contributed by atoms with E-state index in [4.69, 9.17) is 16.2 Å². The zero-order valence-electron chi connectivity index (χ0n) is 19.2. The number of amides is 4. The Labute approximate surface area is 210 Å². The van der Waals surface area contributed by atoms with E-state index in [1.54, 1.807) is 60.7 Å². The van der Waals surface area contributed by atoms with Gasteiger partial charge in [0.2, 0.25) is 0 Å². The molecule has 0 bridgehead atoms. The molecule has 9 heteroatoms. The summed E-state index contributed by atoms with van der Waals surface area (Å²) in [6.07, 6.45) is 0. The van der Waals surface area contributed by atoms with Gasteiger partial charge in [-0.1, -0.05) is 0 Å². The summed E-state index contributed by atoms with van der Waals surface area (Å²) in [7, 11) is 0. The Bertz CT molecular complexity index is 1520. The molecule has 0 fully saturated rings. The highest BCUT2D eigenvalue weighted by Crippen LogP contribution is 2.35. The maximum Gasteiger partial charge on any atom is 0.266 e. The summed E-state index contributed by atoms with van der Waals surface area (Å²) >= 11 is 0. The topological polar surface area (TPSA) is 136 Å². The molecule has 0 unspecified atom stereocenters. The number of imide groups is 2. The number of hydrogen-bond acceptors (Lipinski definition) is 7. The second-order valence-electron chi connectivity index (χ2n) is 8.59. The van der Waals surface area contributed by atoms with Gasteiger partial charge in [-0.05, 0) is 84.9 Å². The molecule has 2 heterocycles. The van der Waals surface area contributed by atoms with Crippen LogP contribution in [0.4, 0.5) is 22.7 Å². The molecule has 180 valence electrons. The molecule has 0 saturated heterocycles. The molecule has 4 N–H and O–H groups in total. The van der Waals surface area contributed by atoms with Gasteiger partial charge in [-0.25, -0.2) is 9.80 Å². The Morgan fingerprint density at radius 2 is 0.811 bits per heavy atom. The lowest BCUT2D eigenvalue weighted by atomic mass is 10.1. The first-order chi connectivity index (χ1) is 17.8. The number of anilines is 4. The van der Waals surface area contributed by atoms with Crippen molar-refractivity contribution in [3.63, 3.8) is 0 Å². The molecular formula is C28H18N4O5. The van der Waals surface area contributed by atoms with Gasteiger partial charge >= 0.3 is 0 Å². The minimum Gasteiger partial charge on any atom is -0.457 e. The third kappa shape index (κ3) is 3.49. The summed E-state index contributed by atoms with van der Waals surface area (Å²) in [5.41, 5.74) is 14.2. The van der Waals surface area contributed by atoms with Crippen molar-refractivity contribution < 1.29 is 23.9 Å². The fourth-order valence-corrected chi connectivity index (χ4v) is 4.42. The molecular weight excluding hydrogens is 472 g/mol. The Morgan fingerprint density at radius 1 is 0.459 bits per heavy atom. The normalized spacial score (nSPS) is 14.3. The average Bonchev–Trinajstić information content (AvgIpc) is 3.29. The molecule has 0 radical (unpaired) electrons. The van der Waals surface area contributed by atoms with E-state index in [9.17, 15) is 19.2 Å². The lowest BCUT2D eigenvalue weighted by Crippen LogP contribution is -2.29. The number of ether oxygens (including phenoxy) is 1. The number of carbonyl (C=O) groups is 4. The first-order valence-electron chi connectivity index (χ1n) is 11.3. The summed E-state index contributed by atoms with van der Waals surface area (Å²) in [5, 5.41) is 0. The van der Waals surface area contributed by atoms with E-state index in [0.29, 0.717) is 34.2 Å². The van der Waals surface area contributed by atoms with Gasteiger partial charge in [0.25, 0.3) is 23.6 Å². The highest BCUT2D eigenvalue weighted by Gasteiger charge is 2.38. The van der Waals surface area contributed by atoms with E-state index >= 15 is 0 Å². The number of carbonyl (C=O) groups excluding carboxylic acids is 4. The minimum absolute atomic E-state index is 0.196. The van der Waals surface area contributed by atoms with E-state index < -0.39 is 23.6 Å². The second kappa shape index (κ2) is 8.06. The smallest absolute Gasteiger partial charge is 0.266 e. The number of benzene rings is 4. The molecule has 2 aliphatic rings. The molecule has 0 aliphatic carbocycles. The van der Waals surface area contributed by atoms with Crippen molar-refractivity contribution >= 4 is 46.4 Å². The lowest BCUT2D eigenvalue weighted by Gasteiger charge is -2.13. The van der Waals surface area contributed by atoms with Gasteiger partial charge in [0.05, 0.1) is 33.6 Å². The van der Waals surface area contributed by atoms with Crippen LogP contribution < -0.4 is 26.0 Å². The first-order valence-corrected chi connectivity index (χ1v) is 11.3. The van der Waals surface area contributed by atoms with Crippen molar-refractivity contribution in [3.8, 4) is 11.5 Å². The molecule has 4 amide bonds. The predicted molar refractivity (Wildman–Crippen MR) is 137 cm³/mol. The van der Waals surface area contributed by atoms with Crippen LogP contribution in [0.3, 0.4) is 0 Å². The molecule has 9 nitrogen and oxygen atoms in total. The number of nitrogens with two attached hydrogens (primary N) is 2. The standard InChI is InChI=1S/C28H18N4O5/c29-15-1-5-17(6-2-15)31-25(33)21-11-9-19(13-23(21)27(31)35)37-20-10-12-22-24(14-20)28(36)32(26(22)34)18-7-3-16(30)4-8-18/h1-14H,29-30H2. The highest BCUT2D eigenvalue weighted by molar-refractivity contribution is 6.35. The SMILES string of the molecule is Nc1ccc(N2C(=O)c3ccc(Oc4ccc5c(c4)C(=O)N(c4ccc(N)cc4)C5=O)cc3C2=O)cc1. The Morgan fingerprint density at radius 3 is 1.19 bits per heavy atom. The van der Waals surface area contributed by atoms with Crippen LogP contribution in [0.1, 0.15) is 41.4 Å². The van der Waals surface area contributed by atoms with Gasteiger partial charge in [-0.3, -0.25) is 19.2 Å². The summed E-state index contributed by atoms with van der Waals surface area (Å²) in [6, 6.07) is 22.0. The van der Waals surface area contributed by atoms with Crippen LogP contribution in [0, 0.1) is 0 Å². The Kier molecular flexibility index (Phi) is 4.80. The van der Waals surface area contributed by atoms with E-state index in [1.807, 2.05) is 0 Å². The Balaban J connectivity index is 1.27. The summed E-state index contributed by atoms with van der Waals surface area (Å²) in [6.45, 7) is 0. The van der Waals surface area contributed by atoms with Gasteiger partial charge in [-0.2, -0.15) is 0 Å². The molecule has 0 spiro atoms. The van der Waals surface area contributed by atoms with Crippen molar-refractivity contribution in [1.82, 2.24) is 0 Å². The van der Waals surface area contributed by atoms with Crippen LogP contribution in [-0.4, -0.2) is 23.6 Å². The second-order valence-corrected chi connectivity index (χ2v) is 8.59. The number of hydrogen-bond donors (Lipinski definition) is 2. The number of nitrogen functional groups attached to an aromatic ring is 2. The molecule has 2 aliphatic heterocycles.